The highest BCUT2D eigenvalue weighted by Crippen LogP contribution is 2.31. The van der Waals surface area contributed by atoms with Gasteiger partial charge in [-0.1, -0.05) is 6.42 Å². The third-order valence-corrected chi connectivity index (χ3v) is 4.02. The van der Waals surface area contributed by atoms with Gasteiger partial charge in [0.2, 0.25) is 11.8 Å². The summed E-state index contributed by atoms with van der Waals surface area (Å²) in [7, 11) is 0. The van der Waals surface area contributed by atoms with Crippen molar-refractivity contribution in [1.82, 2.24) is 10.2 Å². The molecule has 0 atom stereocenters. The molecular formula is C13H22N2O3. The predicted molar refractivity (Wildman–Crippen MR) is 66.9 cm³/mol. The predicted octanol–water partition coefficient (Wildman–Crippen LogP) is 0.420. The number of rotatable bonds is 4. The molecule has 1 saturated heterocycles. The number of nitrogens with one attached hydrogen (secondary N) is 1. The van der Waals surface area contributed by atoms with Gasteiger partial charge in [-0.15, -0.1) is 0 Å². The Morgan fingerprint density at radius 2 is 2.06 bits per heavy atom. The van der Waals surface area contributed by atoms with Crippen LogP contribution in [0.3, 0.4) is 0 Å². The van der Waals surface area contributed by atoms with Gasteiger partial charge in [0, 0.05) is 13.0 Å². The van der Waals surface area contributed by atoms with E-state index in [0.717, 1.165) is 38.5 Å². The number of carbonyl (C=O) groups excluding carboxylic acids is 2. The van der Waals surface area contributed by atoms with E-state index in [4.69, 9.17) is 0 Å². The topological polar surface area (TPSA) is 69.6 Å². The summed E-state index contributed by atoms with van der Waals surface area (Å²) in [4.78, 5) is 25.3. The van der Waals surface area contributed by atoms with Crippen LogP contribution in [0.4, 0.5) is 0 Å². The van der Waals surface area contributed by atoms with Crippen LogP contribution in [0, 0.1) is 0 Å². The average Bonchev–Trinajstić information content (AvgIpc) is 2.50. The lowest BCUT2D eigenvalue weighted by Crippen LogP contribution is -2.58. The van der Waals surface area contributed by atoms with Crippen molar-refractivity contribution in [2.45, 2.75) is 50.5 Å². The Morgan fingerprint density at radius 3 is 2.67 bits per heavy atom. The monoisotopic (exact) mass is 254 g/mol. The zero-order chi connectivity index (χ0) is 13.0. The van der Waals surface area contributed by atoms with Gasteiger partial charge in [0.1, 0.15) is 0 Å². The molecule has 2 amide bonds. The fourth-order valence-corrected chi connectivity index (χ4v) is 2.64. The maximum absolute atomic E-state index is 11.9. The molecule has 1 saturated carbocycles. The van der Waals surface area contributed by atoms with Gasteiger partial charge < -0.3 is 15.3 Å². The molecule has 0 radical (unpaired) electrons. The molecule has 2 aliphatic rings. The van der Waals surface area contributed by atoms with Gasteiger partial charge in [-0.25, -0.2) is 0 Å². The number of hydrogen-bond donors (Lipinski definition) is 2. The van der Waals surface area contributed by atoms with E-state index in [0.29, 0.717) is 13.0 Å². The lowest BCUT2D eigenvalue weighted by molar-refractivity contribution is -0.137. The Hall–Kier alpha value is -1.10. The molecule has 102 valence electrons. The van der Waals surface area contributed by atoms with Crippen LogP contribution in [0.25, 0.3) is 0 Å². The van der Waals surface area contributed by atoms with Gasteiger partial charge in [-0.3, -0.25) is 9.59 Å². The number of hydrogen-bond acceptors (Lipinski definition) is 3. The Balaban J connectivity index is 1.84. The van der Waals surface area contributed by atoms with Gasteiger partial charge in [-0.05, 0) is 32.1 Å². The van der Waals surface area contributed by atoms with E-state index in [-0.39, 0.29) is 25.0 Å². The minimum absolute atomic E-state index is 0.00726. The van der Waals surface area contributed by atoms with Gasteiger partial charge in [-0.2, -0.15) is 0 Å². The molecule has 18 heavy (non-hydrogen) atoms. The van der Waals surface area contributed by atoms with Crippen molar-refractivity contribution in [3.63, 3.8) is 0 Å². The second kappa shape index (κ2) is 5.69. The summed E-state index contributed by atoms with van der Waals surface area (Å²) < 4.78 is 0. The molecule has 2 N–H and O–H groups in total. The number of aliphatic hydroxyl groups is 1. The first-order valence-corrected chi connectivity index (χ1v) is 6.85. The van der Waals surface area contributed by atoms with Crippen LogP contribution in [0.5, 0.6) is 0 Å². The molecule has 0 spiro atoms. The summed E-state index contributed by atoms with van der Waals surface area (Å²) >= 11 is 0. The molecule has 1 aliphatic carbocycles. The van der Waals surface area contributed by atoms with Crippen molar-refractivity contribution in [3.8, 4) is 0 Å². The fourth-order valence-electron chi connectivity index (χ4n) is 2.64. The first-order chi connectivity index (χ1) is 8.65. The Morgan fingerprint density at radius 1 is 1.28 bits per heavy atom. The van der Waals surface area contributed by atoms with Crippen molar-refractivity contribution in [1.29, 1.82) is 0 Å². The largest absolute Gasteiger partial charge is 0.394 e. The van der Waals surface area contributed by atoms with Crippen LogP contribution in [0.2, 0.25) is 0 Å². The van der Waals surface area contributed by atoms with E-state index in [1.165, 1.54) is 0 Å². The molecule has 0 aromatic rings. The highest BCUT2D eigenvalue weighted by Gasteiger charge is 2.38. The first kappa shape index (κ1) is 13.3. The summed E-state index contributed by atoms with van der Waals surface area (Å²) in [5.41, 5.74) is -0.411. The second-order valence-electron chi connectivity index (χ2n) is 5.47. The van der Waals surface area contributed by atoms with Gasteiger partial charge in [0.15, 0.2) is 0 Å². The molecule has 2 fully saturated rings. The minimum atomic E-state index is -0.411. The summed E-state index contributed by atoms with van der Waals surface area (Å²) in [6, 6.07) is 0. The Bertz CT molecular complexity index is 321. The maximum Gasteiger partial charge on any atom is 0.240 e. The molecule has 0 bridgehead atoms. The summed E-state index contributed by atoms with van der Waals surface area (Å²) in [6.45, 7) is 0.811. The number of carbonyl (C=O) groups is 2. The molecule has 5 nitrogen and oxygen atoms in total. The molecule has 1 heterocycles. The molecule has 0 aromatic heterocycles. The van der Waals surface area contributed by atoms with Crippen LogP contribution in [-0.2, 0) is 9.59 Å². The van der Waals surface area contributed by atoms with Gasteiger partial charge in [0.05, 0.1) is 18.7 Å². The Labute approximate surface area is 108 Å². The highest BCUT2D eigenvalue weighted by molar-refractivity contribution is 5.85. The molecule has 1 aliphatic heterocycles. The summed E-state index contributed by atoms with van der Waals surface area (Å²) in [5.74, 6) is -0.0618. The molecule has 0 unspecified atom stereocenters. The zero-order valence-corrected chi connectivity index (χ0v) is 10.8. The molecule has 2 rings (SSSR count). The average molecular weight is 254 g/mol. The van der Waals surface area contributed by atoms with Crippen molar-refractivity contribution >= 4 is 11.8 Å². The van der Waals surface area contributed by atoms with Gasteiger partial charge in [0.25, 0.3) is 0 Å². The minimum Gasteiger partial charge on any atom is -0.394 e. The lowest BCUT2D eigenvalue weighted by atomic mass is 9.77. The molecule has 5 heteroatoms. The van der Waals surface area contributed by atoms with Crippen molar-refractivity contribution in [3.05, 3.63) is 0 Å². The van der Waals surface area contributed by atoms with Crippen LogP contribution < -0.4 is 5.32 Å². The fraction of sp³-hybridized carbons (Fsp3) is 0.846. The SMILES string of the molecule is O=C(CN1CCCCCC1=O)NC1(CO)CCC1. The van der Waals surface area contributed by atoms with E-state index >= 15 is 0 Å². The van der Waals surface area contributed by atoms with Crippen LogP contribution in [-0.4, -0.2) is 47.1 Å². The van der Waals surface area contributed by atoms with Crippen molar-refractivity contribution in [2.24, 2.45) is 0 Å². The Kier molecular flexibility index (Phi) is 4.22. The first-order valence-electron chi connectivity index (χ1n) is 6.85. The van der Waals surface area contributed by atoms with Crippen LogP contribution >= 0.6 is 0 Å². The normalized spacial score (nSPS) is 23.2. The third kappa shape index (κ3) is 3.02. The highest BCUT2D eigenvalue weighted by atomic mass is 16.3. The summed E-state index contributed by atoms with van der Waals surface area (Å²) in [6.07, 6.45) is 6.24. The van der Waals surface area contributed by atoms with E-state index in [2.05, 4.69) is 5.32 Å². The maximum atomic E-state index is 11.9. The number of nitrogens with zero attached hydrogens (tertiary/aromatic N) is 1. The standard InChI is InChI=1S/C13H22N2O3/c16-10-13(6-4-7-13)14-11(17)9-15-8-3-1-2-5-12(15)18/h16H,1-10H2,(H,14,17). The van der Waals surface area contributed by atoms with Gasteiger partial charge >= 0.3 is 0 Å². The number of likely N-dealkylation sites (tertiary alicyclic amines) is 1. The third-order valence-electron chi connectivity index (χ3n) is 4.02. The van der Waals surface area contributed by atoms with E-state index in [9.17, 15) is 14.7 Å². The summed E-state index contributed by atoms with van der Waals surface area (Å²) in [5, 5.41) is 12.2. The van der Waals surface area contributed by atoms with Crippen molar-refractivity contribution < 1.29 is 14.7 Å². The molecule has 0 aromatic carbocycles. The van der Waals surface area contributed by atoms with Crippen LogP contribution in [0.1, 0.15) is 44.9 Å². The zero-order valence-electron chi connectivity index (χ0n) is 10.8. The smallest absolute Gasteiger partial charge is 0.240 e. The lowest BCUT2D eigenvalue weighted by Gasteiger charge is -2.41. The second-order valence-corrected chi connectivity index (χ2v) is 5.47. The number of amides is 2. The molecular weight excluding hydrogens is 232 g/mol. The van der Waals surface area contributed by atoms with Crippen LogP contribution in [0.15, 0.2) is 0 Å². The van der Waals surface area contributed by atoms with E-state index in [1.54, 1.807) is 4.90 Å². The quantitative estimate of drug-likeness (QED) is 0.764. The van der Waals surface area contributed by atoms with E-state index < -0.39 is 5.54 Å². The number of aliphatic hydroxyl groups excluding tert-OH is 1. The van der Waals surface area contributed by atoms with E-state index in [1.807, 2.05) is 0 Å². The van der Waals surface area contributed by atoms with Crippen molar-refractivity contribution in [2.75, 3.05) is 19.7 Å².